The monoisotopic (exact) mass is 446 g/mol. The minimum Gasteiger partial charge on any atom is -0.496 e. The Labute approximate surface area is 168 Å². The summed E-state index contributed by atoms with van der Waals surface area (Å²) in [7, 11) is 3.17. The van der Waals surface area contributed by atoms with E-state index in [9.17, 15) is 9.59 Å². The van der Waals surface area contributed by atoms with Gasteiger partial charge in [-0.05, 0) is 29.8 Å². The van der Waals surface area contributed by atoms with Gasteiger partial charge in [-0.25, -0.2) is 4.79 Å². The van der Waals surface area contributed by atoms with Gasteiger partial charge in [0.2, 0.25) is 5.78 Å². The minimum absolute atomic E-state index is 0.138. The fraction of sp³-hybridized carbons (Fsp3) is 0.100. The topological polar surface area (TPSA) is 72.8 Å². The van der Waals surface area contributed by atoms with Crippen LogP contribution in [0.3, 0.4) is 0 Å². The number of thiophene rings is 1. The van der Waals surface area contributed by atoms with Gasteiger partial charge in [-0.1, -0.05) is 40.2 Å². The van der Waals surface area contributed by atoms with Crippen molar-refractivity contribution in [2.45, 2.75) is 0 Å². The molecule has 0 aliphatic carbocycles. The Hall–Kier alpha value is -2.64. The van der Waals surface area contributed by atoms with Crippen molar-refractivity contribution in [1.82, 2.24) is 0 Å². The molecule has 0 atom stereocenters. The maximum Gasteiger partial charge on any atom is 0.345 e. The second-order valence-electron chi connectivity index (χ2n) is 5.56. The Bertz CT molecular complexity index is 982. The molecule has 0 amide bonds. The maximum absolute atomic E-state index is 12.6. The quantitative estimate of drug-likeness (QED) is 0.531. The van der Waals surface area contributed by atoms with E-state index in [1.54, 1.807) is 26.4 Å². The number of ketones is 1. The van der Waals surface area contributed by atoms with Crippen LogP contribution in [0.25, 0.3) is 11.1 Å². The molecule has 0 fully saturated rings. The van der Waals surface area contributed by atoms with Gasteiger partial charge in [0.05, 0.1) is 24.7 Å². The van der Waals surface area contributed by atoms with E-state index in [0.29, 0.717) is 21.9 Å². The summed E-state index contributed by atoms with van der Waals surface area (Å²) in [6, 6.07) is 13.7. The van der Waals surface area contributed by atoms with Crippen LogP contribution in [0, 0.1) is 0 Å². The summed E-state index contributed by atoms with van der Waals surface area (Å²) in [5, 5.41) is 9.00. The lowest BCUT2D eigenvalue weighted by Crippen LogP contribution is -1.99. The molecule has 0 aliphatic heterocycles. The zero-order valence-corrected chi connectivity index (χ0v) is 16.9. The predicted octanol–water partition coefficient (Wildman–Crippen LogP) is 5.12. The molecular weight excluding hydrogens is 432 g/mol. The van der Waals surface area contributed by atoms with Crippen LogP contribution in [0.1, 0.15) is 24.9 Å². The third-order valence-electron chi connectivity index (χ3n) is 3.95. The van der Waals surface area contributed by atoms with Crippen molar-refractivity contribution in [2.75, 3.05) is 14.2 Å². The molecule has 0 spiro atoms. The van der Waals surface area contributed by atoms with E-state index in [1.165, 1.54) is 12.1 Å². The molecule has 0 aliphatic rings. The Morgan fingerprint density at radius 1 is 0.926 bits per heavy atom. The predicted molar refractivity (Wildman–Crippen MR) is 107 cm³/mol. The van der Waals surface area contributed by atoms with Gasteiger partial charge in [-0.15, -0.1) is 11.3 Å². The van der Waals surface area contributed by atoms with Gasteiger partial charge in [-0.2, -0.15) is 0 Å². The van der Waals surface area contributed by atoms with E-state index in [4.69, 9.17) is 14.6 Å². The fourth-order valence-electron chi connectivity index (χ4n) is 2.67. The lowest BCUT2D eigenvalue weighted by Gasteiger charge is -2.14. The number of carbonyl (C=O) groups excluding carboxylic acids is 1. The molecule has 0 saturated heterocycles. The lowest BCUT2D eigenvalue weighted by molar-refractivity contribution is 0.0702. The van der Waals surface area contributed by atoms with Gasteiger partial charge in [0.15, 0.2) is 0 Å². The normalized spacial score (nSPS) is 10.5. The highest BCUT2D eigenvalue weighted by Gasteiger charge is 2.17. The van der Waals surface area contributed by atoms with Gasteiger partial charge in [0, 0.05) is 10.0 Å². The van der Waals surface area contributed by atoms with E-state index in [2.05, 4.69) is 15.9 Å². The first-order valence-corrected chi connectivity index (χ1v) is 9.45. The van der Waals surface area contributed by atoms with Crippen molar-refractivity contribution in [3.05, 3.63) is 68.3 Å². The number of hydrogen-bond acceptors (Lipinski definition) is 5. The number of carbonyl (C=O) groups is 2. The summed E-state index contributed by atoms with van der Waals surface area (Å²) in [5.41, 5.74) is 2.10. The van der Waals surface area contributed by atoms with Crippen LogP contribution in [0.5, 0.6) is 11.5 Å². The standard InChI is InChI=1S/C20H15BrO5S/c1-25-14-9-13(21)10-15(26-2)18(14)11-3-5-12(6-4-11)19(22)16-7-8-17(27-16)20(23)24/h3-10H,1-2H3,(H,23,24). The first kappa shape index (κ1) is 19.1. The molecule has 7 heteroatoms. The van der Waals surface area contributed by atoms with Crippen molar-refractivity contribution in [3.63, 3.8) is 0 Å². The van der Waals surface area contributed by atoms with Crippen LogP contribution in [0.2, 0.25) is 0 Å². The number of carboxylic acid groups (broad SMARTS) is 1. The van der Waals surface area contributed by atoms with Gasteiger partial charge in [0.1, 0.15) is 16.4 Å². The molecular formula is C20H15BrO5S. The Kier molecular flexibility index (Phi) is 5.62. The minimum atomic E-state index is -1.04. The average Bonchev–Trinajstić information content (AvgIpc) is 3.17. The van der Waals surface area contributed by atoms with Crippen LogP contribution >= 0.6 is 27.3 Å². The smallest absolute Gasteiger partial charge is 0.345 e. The third kappa shape index (κ3) is 3.89. The van der Waals surface area contributed by atoms with Crippen molar-refractivity contribution < 1.29 is 24.2 Å². The van der Waals surface area contributed by atoms with Crippen molar-refractivity contribution in [1.29, 1.82) is 0 Å². The second kappa shape index (κ2) is 7.94. The summed E-state index contributed by atoms with van der Waals surface area (Å²) in [4.78, 5) is 24.1. The first-order chi connectivity index (χ1) is 12.9. The van der Waals surface area contributed by atoms with Crippen LogP contribution in [-0.4, -0.2) is 31.1 Å². The molecule has 1 N–H and O–H groups in total. The Morgan fingerprint density at radius 2 is 1.48 bits per heavy atom. The zero-order chi connectivity index (χ0) is 19.6. The number of halogens is 1. The highest BCUT2D eigenvalue weighted by atomic mass is 79.9. The van der Waals surface area contributed by atoms with Gasteiger partial charge < -0.3 is 14.6 Å². The Balaban J connectivity index is 1.96. The molecule has 1 heterocycles. The van der Waals surface area contributed by atoms with E-state index in [-0.39, 0.29) is 10.7 Å². The molecule has 0 saturated carbocycles. The fourth-order valence-corrected chi connectivity index (χ4v) is 3.89. The summed E-state index contributed by atoms with van der Waals surface area (Å²) >= 11 is 4.39. The van der Waals surface area contributed by atoms with Crippen LogP contribution in [0.4, 0.5) is 0 Å². The molecule has 0 unspecified atom stereocenters. The van der Waals surface area contributed by atoms with Gasteiger partial charge in [-0.3, -0.25) is 4.79 Å². The van der Waals surface area contributed by atoms with Crippen molar-refractivity contribution >= 4 is 39.0 Å². The number of aromatic carboxylic acids is 1. The van der Waals surface area contributed by atoms with Crippen LogP contribution < -0.4 is 9.47 Å². The van der Waals surface area contributed by atoms with Gasteiger partial charge >= 0.3 is 5.97 Å². The largest absolute Gasteiger partial charge is 0.496 e. The number of hydrogen-bond donors (Lipinski definition) is 1. The maximum atomic E-state index is 12.6. The summed E-state index contributed by atoms with van der Waals surface area (Å²) in [6.45, 7) is 0. The highest BCUT2D eigenvalue weighted by Crippen LogP contribution is 2.41. The first-order valence-electron chi connectivity index (χ1n) is 7.84. The van der Waals surface area contributed by atoms with E-state index >= 15 is 0 Å². The van der Waals surface area contributed by atoms with Crippen molar-refractivity contribution in [3.8, 4) is 22.6 Å². The van der Waals surface area contributed by atoms with Gasteiger partial charge in [0.25, 0.3) is 0 Å². The average molecular weight is 447 g/mol. The number of carboxylic acids is 1. The molecule has 0 radical (unpaired) electrons. The number of ether oxygens (including phenoxy) is 2. The molecule has 27 heavy (non-hydrogen) atoms. The molecule has 3 aromatic rings. The molecule has 2 aromatic carbocycles. The summed E-state index contributed by atoms with van der Waals surface area (Å²) in [6.07, 6.45) is 0. The van der Waals surface area contributed by atoms with Crippen LogP contribution in [-0.2, 0) is 0 Å². The van der Waals surface area contributed by atoms with E-state index < -0.39 is 5.97 Å². The third-order valence-corrected chi connectivity index (χ3v) is 5.48. The molecule has 0 bridgehead atoms. The lowest BCUT2D eigenvalue weighted by atomic mass is 10.00. The molecule has 5 nitrogen and oxygen atoms in total. The number of benzene rings is 2. The summed E-state index contributed by atoms with van der Waals surface area (Å²) in [5.74, 6) is 0.0342. The molecule has 1 aromatic heterocycles. The highest BCUT2D eigenvalue weighted by molar-refractivity contribution is 9.10. The zero-order valence-electron chi connectivity index (χ0n) is 14.5. The van der Waals surface area contributed by atoms with Crippen LogP contribution in [0.15, 0.2) is 53.0 Å². The molecule has 138 valence electrons. The second-order valence-corrected chi connectivity index (χ2v) is 7.56. The molecule has 3 rings (SSSR count). The van der Waals surface area contributed by atoms with Crippen molar-refractivity contribution in [2.24, 2.45) is 0 Å². The number of methoxy groups -OCH3 is 2. The number of rotatable bonds is 6. The SMILES string of the molecule is COc1cc(Br)cc(OC)c1-c1ccc(C(=O)c2ccc(C(=O)O)s2)cc1. The van der Waals surface area contributed by atoms with E-state index in [0.717, 1.165) is 26.9 Å². The van der Waals surface area contributed by atoms with E-state index in [1.807, 2.05) is 24.3 Å². The summed E-state index contributed by atoms with van der Waals surface area (Å²) < 4.78 is 11.8. The Morgan fingerprint density at radius 3 is 1.96 bits per heavy atom.